The number of ether oxygens (including phenoxy) is 2. The van der Waals surface area contributed by atoms with Gasteiger partial charge in [0.25, 0.3) is 5.91 Å². The lowest BCUT2D eigenvalue weighted by molar-refractivity contribution is -0.123. The molecule has 0 spiro atoms. The molecule has 0 unspecified atom stereocenters. The number of rotatable bonds is 6. The van der Waals surface area contributed by atoms with Gasteiger partial charge in [-0.2, -0.15) is 5.10 Å². The molecule has 2 rings (SSSR count). The molecule has 0 aliphatic carbocycles. The lowest BCUT2D eigenvalue weighted by atomic mass is 9.78. The molecular weight excluding hydrogens is 507 g/mol. The van der Waals surface area contributed by atoms with Crippen molar-refractivity contribution < 1.29 is 19.4 Å². The maximum atomic E-state index is 12.1. The number of methoxy groups -OCH3 is 1. The Hall–Kier alpha value is -2.29. The standard InChI is InChI=1S/C24H31IN2O4/c1-23(2,3)17-10-15(11-18(22(17)29)24(4,5)6)13-26-27-21(28)14-31-20-9-8-16(30-7)12-19(20)25/h8-13,29H,14H2,1-7H3,(H,27,28)/b26-13+. The summed E-state index contributed by atoms with van der Waals surface area (Å²) in [7, 11) is 1.60. The summed E-state index contributed by atoms with van der Waals surface area (Å²) in [6, 6.07) is 9.16. The van der Waals surface area contributed by atoms with Gasteiger partial charge in [-0.25, -0.2) is 5.43 Å². The quantitative estimate of drug-likeness (QED) is 0.304. The summed E-state index contributed by atoms with van der Waals surface area (Å²) in [5, 5.41) is 14.9. The predicted octanol–water partition coefficient (Wildman–Crippen LogP) is 5.13. The molecule has 0 bridgehead atoms. The van der Waals surface area contributed by atoms with E-state index < -0.39 is 0 Å². The van der Waals surface area contributed by atoms with E-state index in [1.165, 1.54) is 0 Å². The van der Waals surface area contributed by atoms with E-state index in [9.17, 15) is 9.90 Å². The molecule has 2 aromatic rings. The highest BCUT2D eigenvalue weighted by Gasteiger charge is 2.26. The van der Waals surface area contributed by atoms with Gasteiger partial charge in [0.1, 0.15) is 17.2 Å². The van der Waals surface area contributed by atoms with Crippen molar-refractivity contribution in [3.8, 4) is 17.2 Å². The molecular formula is C24H31IN2O4. The van der Waals surface area contributed by atoms with Gasteiger partial charge in [-0.15, -0.1) is 0 Å². The van der Waals surface area contributed by atoms with Gasteiger partial charge in [-0.3, -0.25) is 4.79 Å². The first-order valence-electron chi connectivity index (χ1n) is 9.99. The van der Waals surface area contributed by atoms with E-state index in [0.29, 0.717) is 11.5 Å². The average molecular weight is 538 g/mol. The molecule has 0 aromatic heterocycles. The van der Waals surface area contributed by atoms with Crippen molar-refractivity contribution in [2.45, 2.75) is 52.4 Å². The molecule has 7 heteroatoms. The number of carbonyl (C=O) groups is 1. The van der Waals surface area contributed by atoms with Gasteiger partial charge >= 0.3 is 0 Å². The van der Waals surface area contributed by atoms with Crippen LogP contribution in [0.4, 0.5) is 0 Å². The van der Waals surface area contributed by atoms with Gasteiger partial charge in [0.2, 0.25) is 0 Å². The SMILES string of the molecule is COc1ccc(OCC(=O)N/N=C/c2cc(C(C)(C)C)c(O)c(C(C)(C)C)c2)c(I)c1. The molecule has 31 heavy (non-hydrogen) atoms. The van der Waals surface area contributed by atoms with Gasteiger partial charge in [-0.1, -0.05) is 41.5 Å². The van der Waals surface area contributed by atoms with Crippen molar-refractivity contribution in [2.75, 3.05) is 13.7 Å². The third-order valence-corrected chi connectivity index (χ3v) is 5.49. The number of nitrogens with zero attached hydrogens (tertiary/aromatic N) is 1. The molecule has 0 aliphatic heterocycles. The zero-order valence-electron chi connectivity index (χ0n) is 19.2. The van der Waals surface area contributed by atoms with Crippen molar-refractivity contribution in [3.05, 3.63) is 50.6 Å². The normalized spacial score (nSPS) is 12.1. The van der Waals surface area contributed by atoms with Gasteiger partial charge in [0, 0.05) is 11.1 Å². The zero-order valence-corrected chi connectivity index (χ0v) is 21.3. The van der Waals surface area contributed by atoms with Crippen LogP contribution in [-0.2, 0) is 15.6 Å². The van der Waals surface area contributed by atoms with Crippen LogP contribution in [0.25, 0.3) is 0 Å². The molecule has 2 N–H and O–H groups in total. The lowest BCUT2D eigenvalue weighted by Gasteiger charge is -2.27. The van der Waals surface area contributed by atoms with Crippen molar-refractivity contribution in [3.63, 3.8) is 0 Å². The lowest BCUT2D eigenvalue weighted by Crippen LogP contribution is -2.25. The summed E-state index contributed by atoms with van der Waals surface area (Å²) in [4.78, 5) is 12.1. The Bertz CT molecular complexity index is 938. The van der Waals surface area contributed by atoms with E-state index in [4.69, 9.17) is 9.47 Å². The molecule has 2 aromatic carbocycles. The molecule has 0 saturated carbocycles. The van der Waals surface area contributed by atoms with Crippen LogP contribution in [0.2, 0.25) is 0 Å². The summed E-state index contributed by atoms with van der Waals surface area (Å²) in [6.45, 7) is 12.1. The van der Waals surface area contributed by atoms with Crippen LogP contribution in [0.1, 0.15) is 58.2 Å². The Morgan fingerprint density at radius 2 is 1.68 bits per heavy atom. The van der Waals surface area contributed by atoms with E-state index in [1.54, 1.807) is 25.5 Å². The first-order chi connectivity index (χ1) is 14.3. The number of amides is 1. The number of halogens is 1. The van der Waals surface area contributed by atoms with Crippen molar-refractivity contribution in [1.82, 2.24) is 5.43 Å². The van der Waals surface area contributed by atoms with Gasteiger partial charge < -0.3 is 14.6 Å². The first kappa shape index (κ1) is 25.0. The Kier molecular flexibility index (Phi) is 7.97. The van der Waals surface area contributed by atoms with Crippen LogP contribution in [-0.4, -0.2) is 30.9 Å². The zero-order chi connectivity index (χ0) is 23.4. The maximum absolute atomic E-state index is 12.1. The summed E-state index contributed by atoms with van der Waals surface area (Å²) >= 11 is 2.13. The molecule has 0 saturated heterocycles. The van der Waals surface area contributed by atoms with Crippen LogP contribution in [0.15, 0.2) is 35.4 Å². The van der Waals surface area contributed by atoms with Gasteiger partial charge in [0.15, 0.2) is 6.61 Å². The third kappa shape index (κ3) is 6.85. The number of benzene rings is 2. The van der Waals surface area contributed by atoms with E-state index in [0.717, 1.165) is 26.0 Å². The highest BCUT2D eigenvalue weighted by Crippen LogP contribution is 2.39. The van der Waals surface area contributed by atoms with Crippen LogP contribution in [0.5, 0.6) is 17.2 Å². The minimum atomic E-state index is -0.367. The summed E-state index contributed by atoms with van der Waals surface area (Å²) in [6.07, 6.45) is 1.58. The highest BCUT2D eigenvalue weighted by molar-refractivity contribution is 14.1. The summed E-state index contributed by atoms with van der Waals surface area (Å²) in [5.41, 5.74) is 4.50. The number of hydrazone groups is 1. The van der Waals surface area contributed by atoms with Gasteiger partial charge in [-0.05, 0) is 69.3 Å². The Labute approximate surface area is 198 Å². The number of hydrogen-bond donors (Lipinski definition) is 2. The number of aromatic hydroxyl groups is 1. The number of hydrogen-bond acceptors (Lipinski definition) is 5. The molecule has 0 aliphatic rings. The molecule has 0 atom stereocenters. The number of carbonyl (C=O) groups excluding carboxylic acids is 1. The molecule has 168 valence electrons. The fourth-order valence-electron chi connectivity index (χ4n) is 2.95. The van der Waals surface area contributed by atoms with E-state index in [-0.39, 0.29) is 23.3 Å². The van der Waals surface area contributed by atoms with Crippen molar-refractivity contribution >= 4 is 34.7 Å². The Balaban J connectivity index is 2.10. The second kappa shape index (κ2) is 9.89. The van der Waals surface area contributed by atoms with Crippen LogP contribution >= 0.6 is 22.6 Å². The highest BCUT2D eigenvalue weighted by atomic mass is 127. The largest absolute Gasteiger partial charge is 0.507 e. The second-order valence-corrected chi connectivity index (χ2v) is 10.5. The first-order valence-corrected chi connectivity index (χ1v) is 11.1. The van der Waals surface area contributed by atoms with E-state index in [2.05, 4.69) is 74.7 Å². The topological polar surface area (TPSA) is 80.2 Å². The maximum Gasteiger partial charge on any atom is 0.277 e. The number of phenolic OH excluding ortho intramolecular Hbond substituents is 1. The number of nitrogens with one attached hydrogen (secondary N) is 1. The monoisotopic (exact) mass is 538 g/mol. The Morgan fingerprint density at radius 1 is 1.10 bits per heavy atom. The molecule has 0 fully saturated rings. The smallest absolute Gasteiger partial charge is 0.277 e. The van der Waals surface area contributed by atoms with Crippen LogP contribution < -0.4 is 14.9 Å². The third-order valence-electron chi connectivity index (χ3n) is 4.65. The van der Waals surface area contributed by atoms with E-state index >= 15 is 0 Å². The van der Waals surface area contributed by atoms with E-state index in [1.807, 2.05) is 18.2 Å². The average Bonchev–Trinajstić information content (AvgIpc) is 2.66. The second-order valence-electron chi connectivity index (χ2n) is 9.34. The summed E-state index contributed by atoms with van der Waals surface area (Å²) < 4.78 is 11.6. The minimum absolute atomic E-state index is 0.157. The van der Waals surface area contributed by atoms with Crippen molar-refractivity contribution in [2.24, 2.45) is 5.10 Å². The predicted molar refractivity (Wildman–Crippen MR) is 132 cm³/mol. The fourth-order valence-corrected chi connectivity index (χ4v) is 3.60. The molecule has 1 amide bonds. The van der Waals surface area contributed by atoms with Crippen molar-refractivity contribution in [1.29, 1.82) is 0 Å². The summed E-state index contributed by atoms with van der Waals surface area (Å²) in [5.74, 6) is 1.27. The van der Waals surface area contributed by atoms with Gasteiger partial charge in [0.05, 0.1) is 16.9 Å². The Morgan fingerprint density at radius 3 is 2.16 bits per heavy atom. The minimum Gasteiger partial charge on any atom is -0.507 e. The van der Waals surface area contributed by atoms with Crippen LogP contribution in [0, 0.1) is 3.57 Å². The number of phenols is 1. The molecule has 0 radical (unpaired) electrons. The molecule has 0 heterocycles. The molecule has 6 nitrogen and oxygen atoms in total. The fraction of sp³-hybridized carbons (Fsp3) is 0.417. The van der Waals surface area contributed by atoms with Crippen LogP contribution in [0.3, 0.4) is 0 Å².